The molecule has 1 heterocycles. The molecule has 7 nitrogen and oxygen atoms in total. The highest BCUT2D eigenvalue weighted by Crippen LogP contribution is 2.28. The second-order valence-corrected chi connectivity index (χ2v) is 5.62. The van der Waals surface area contributed by atoms with E-state index < -0.39 is 11.8 Å². The van der Waals surface area contributed by atoms with E-state index in [0.29, 0.717) is 22.1 Å². The molecule has 1 aliphatic heterocycles. The van der Waals surface area contributed by atoms with Crippen LogP contribution in [0.15, 0.2) is 48.0 Å². The van der Waals surface area contributed by atoms with Gasteiger partial charge in [0.25, 0.3) is 11.8 Å². The van der Waals surface area contributed by atoms with Crippen molar-refractivity contribution in [2.24, 2.45) is 0 Å². The topological polar surface area (TPSA) is 88.9 Å². The van der Waals surface area contributed by atoms with E-state index in [-0.39, 0.29) is 23.3 Å². The van der Waals surface area contributed by atoms with Gasteiger partial charge in [-0.3, -0.25) is 14.4 Å². The van der Waals surface area contributed by atoms with Gasteiger partial charge in [-0.1, -0.05) is 18.2 Å². The van der Waals surface area contributed by atoms with Gasteiger partial charge in [0, 0.05) is 0 Å². The molecule has 0 unspecified atom stereocenters. The Morgan fingerprint density at radius 2 is 1.67 bits per heavy atom. The summed E-state index contributed by atoms with van der Waals surface area (Å²) in [6, 6.07) is 13.6. The molecule has 0 aromatic heterocycles. The van der Waals surface area contributed by atoms with Crippen molar-refractivity contribution in [3.8, 4) is 17.6 Å². The Morgan fingerprint density at radius 3 is 2.22 bits per heavy atom. The molecule has 27 heavy (non-hydrogen) atoms. The molecule has 3 rings (SSSR count). The third-order valence-electron chi connectivity index (χ3n) is 4.00. The van der Waals surface area contributed by atoms with Crippen LogP contribution in [0.3, 0.4) is 0 Å². The van der Waals surface area contributed by atoms with E-state index in [1.807, 2.05) is 6.07 Å². The minimum atomic E-state index is -0.543. The Morgan fingerprint density at radius 1 is 1.04 bits per heavy atom. The number of nitrogens with zero attached hydrogens (tertiary/aromatic N) is 2. The molecular formula is C20H16N2O5. The maximum absolute atomic E-state index is 12.3. The highest BCUT2D eigenvalue weighted by atomic mass is 16.7. The van der Waals surface area contributed by atoms with Gasteiger partial charge in [0.2, 0.25) is 0 Å². The Bertz CT molecular complexity index is 940. The highest BCUT2D eigenvalue weighted by Gasteiger charge is 2.36. The molecule has 0 saturated carbocycles. The molecule has 0 N–H and O–H groups in total. The highest BCUT2D eigenvalue weighted by molar-refractivity contribution is 6.20. The number of fused-ring (bicyclic) bond motifs is 1. The first-order valence-electron chi connectivity index (χ1n) is 8.02. The molecule has 2 aromatic rings. The predicted octanol–water partition coefficient (Wildman–Crippen LogP) is 2.84. The summed E-state index contributed by atoms with van der Waals surface area (Å²) in [5.41, 5.74) is 1.49. The number of hydrogen-bond acceptors (Lipinski definition) is 6. The predicted molar refractivity (Wildman–Crippen MR) is 96.0 cm³/mol. The third-order valence-corrected chi connectivity index (χ3v) is 4.00. The van der Waals surface area contributed by atoms with Crippen LogP contribution in [0.2, 0.25) is 0 Å². The molecule has 0 fully saturated rings. The van der Waals surface area contributed by atoms with Gasteiger partial charge in [0.05, 0.1) is 37.0 Å². The first-order valence-corrected chi connectivity index (χ1v) is 8.02. The second-order valence-electron chi connectivity index (χ2n) is 5.62. The largest absolute Gasteiger partial charge is 0.493 e. The van der Waals surface area contributed by atoms with Gasteiger partial charge in [0.15, 0.2) is 11.5 Å². The van der Waals surface area contributed by atoms with Crippen LogP contribution in [0.25, 0.3) is 6.08 Å². The molecule has 136 valence electrons. The minimum absolute atomic E-state index is 0.226. The number of methoxy groups -OCH3 is 2. The summed E-state index contributed by atoms with van der Waals surface area (Å²) in [5, 5.41) is 10.0. The quantitative estimate of drug-likeness (QED) is 0.578. The fourth-order valence-corrected chi connectivity index (χ4v) is 2.67. The Labute approximate surface area is 155 Å². The van der Waals surface area contributed by atoms with E-state index in [0.717, 1.165) is 0 Å². The van der Waals surface area contributed by atoms with Crippen LogP contribution < -0.4 is 9.47 Å². The van der Waals surface area contributed by atoms with Crippen molar-refractivity contribution >= 4 is 17.9 Å². The van der Waals surface area contributed by atoms with Crippen molar-refractivity contribution in [1.82, 2.24) is 5.06 Å². The lowest BCUT2D eigenvalue weighted by Gasteiger charge is -2.13. The molecule has 0 spiro atoms. The summed E-state index contributed by atoms with van der Waals surface area (Å²) in [5.74, 6) is -0.00162. The normalized spacial score (nSPS) is 13.4. The molecular weight excluding hydrogens is 348 g/mol. The standard InChI is InChI=1S/C20H16N2O5/c1-25-17-8-7-13(10-18(17)26-2)9-14(11-21)12-27-22-19(23)15-5-3-4-6-16(15)20(22)24/h3-10H,12H2,1-2H3/b14-9+. The first kappa shape index (κ1) is 18.2. The monoisotopic (exact) mass is 364 g/mol. The number of carbonyl (C=O) groups is 2. The van der Waals surface area contributed by atoms with Crippen LogP contribution >= 0.6 is 0 Å². The molecule has 0 saturated heterocycles. The summed E-state index contributed by atoms with van der Waals surface area (Å²) < 4.78 is 10.4. The number of imide groups is 1. The molecule has 0 atom stereocenters. The van der Waals surface area contributed by atoms with E-state index in [1.165, 1.54) is 14.2 Å². The van der Waals surface area contributed by atoms with Crippen molar-refractivity contribution in [1.29, 1.82) is 5.26 Å². The number of nitriles is 1. The lowest BCUT2D eigenvalue weighted by Crippen LogP contribution is -2.30. The molecule has 0 radical (unpaired) electrons. The van der Waals surface area contributed by atoms with E-state index in [2.05, 4.69) is 0 Å². The molecule has 7 heteroatoms. The molecule has 0 aliphatic carbocycles. The first-order chi connectivity index (χ1) is 13.1. The fourth-order valence-electron chi connectivity index (χ4n) is 2.67. The van der Waals surface area contributed by atoms with Gasteiger partial charge >= 0.3 is 0 Å². The van der Waals surface area contributed by atoms with E-state index in [1.54, 1.807) is 48.5 Å². The average molecular weight is 364 g/mol. The molecule has 0 bridgehead atoms. The summed E-state index contributed by atoms with van der Waals surface area (Å²) >= 11 is 0. The summed E-state index contributed by atoms with van der Waals surface area (Å²) in [4.78, 5) is 29.9. The third kappa shape index (κ3) is 3.52. The SMILES string of the molecule is COc1ccc(/C=C(\C#N)CON2C(=O)c3ccccc3C2=O)cc1OC. The average Bonchev–Trinajstić information content (AvgIpc) is 2.95. The van der Waals surface area contributed by atoms with Gasteiger partial charge in [-0.05, 0) is 35.9 Å². The van der Waals surface area contributed by atoms with Crippen LogP contribution in [-0.2, 0) is 4.84 Å². The van der Waals surface area contributed by atoms with Gasteiger partial charge in [0.1, 0.15) is 6.61 Å². The number of hydroxylamine groups is 2. The molecule has 1 aliphatic rings. The number of rotatable bonds is 6. The van der Waals surface area contributed by atoms with Gasteiger partial charge in [-0.15, -0.1) is 5.06 Å². The zero-order valence-electron chi connectivity index (χ0n) is 14.8. The summed E-state index contributed by atoms with van der Waals surface area (Å²) in [6.07, 6.45) is 1.58. The van der Waals surface area contributed by atoms with Crippen LogP contribution in [0.4, 0.5) is 0 Å². The van der Waals surface area contributed by atoms with Crippen molar-refractivity contribution < 1.29 is 23.9 Å². The van der Waals surface area contributed by atoms with Crippen molar-refractivity contribution in [3.05, 3.63) is 64.7 Å². The zero-order chi connectivity index (χ0) is 19.4. The van der Waals surface area contributed by atoms with Crippen LogP contribution in [-0.4, -0.2) is 37.7 Å². The maximum Gasteiger partial charge on any atom is 0.285 e. The lowest BCUT2D eigenvalue weighted by atomic mass is 10.1. The number of hydrogen-bond donors (Lipinski definition) is 0. The smallest absolute Gasteiger partial charge is 0.285 e. The van der Waals surface area contributed by atoms with Gasteiger partial charge in [-0.2, -0.15) is 5.26 Å². The number of ether oxygens (including phenoxy) is 2. The van der Waals surface area contributed by atoms with Crippen molar-refractivity contribution in [2.45, 2.75) is 0 Å². The van der Waals surface area contributed by atoms with Crippen molar-refractivity contribution in [3.63, 3.8) is 0 Å². The van der Waals surface area contributed by atoms with E-state index >= 15 is 0 Å². The van der Waals surface area contributed by atoms with E-state index in [4.69, 9.17) is 14.3 Å². The fraction of sp³-hybridized carbons (Fsp3) is 0.150. The van der Waals surface area contributed by atoms with Gasteiger partial charge < -0.3 is 9.47 Å². The zero-order valence-corrected chi connectivity index (χ0v) is 14.8. The van der Waals surface area contributed by atoms with Crippen LogP contribution in [0.1, 0.15) is 26.3 Å². The summed E-state index contributed by atoms with van der Waals surface area (Å²) in [7, 11) is 3.05. The van der Waals surface area contributed by atoms with Crippen LogP contribution in [0, 0.1) is 11.3 Å². The molecule has 2 aromatic carbocycles. The lowest BCUT2D eigenvalue weighted by molar-refractivity contribution is -0.0814. The Balaban J connectivity index is 1.75. The number of benzene rings is 2. The maximum atomic E-state index is 12.3. The Kier molecular flexibility index (Phi) is 5.20. The number of carbonyl (C=O) groups excluding carboxylic acids is 2. The minimum Gasteiger partial charge on any atom is -0.493 e. The summed E-state index contributed by atoms with van der Waals surface area (Å²) in [6.45, 7) is -0.226. The number of amides is 2. The molecule has 2 amide bonds. The van der Waals surface area contributed by atoms with Crippen LogP contribution in [0.5, 0.6) is 11.5 Å². The van der Waals surface area contributed by atoms with E-state index in [9.17, 15) is 14.9 Å². The van der Waals surface area contributed by atoms with Crippen molar-refractivity contribution in [2.75, 3.05) is 20.8 Å². The Hall–Kier alpha value is -3.63. The van der Waals surface area contributed by atoms with Gasteiger partial charge in [-0.25, -0.2) is 0 Å². The second kappa shape index (κ2) is 7.72.